The van der Waals surface area contributed by atoms with Gasteiger partial charge >= 0.3 is 0 Å². The molecule has 4 heteroatoms. The third-order valence-corrected chi connectivity index (χ3v) is 2.34. The van der Waals surface area contributed by atoms with Crippen LogP contribution in [0.25, 0.3) is 0 Å². The number of nitrogens with two attached hydrogens (primary N) is 1. The summed E-state index contributed by atoms with van der Waals surface area (Å²) < 4.78 is 10.4. The Kier molecular flexibility index (Phi) is 4.38. The quantitative estimate of drug-likeness (QED) is 0.653. The molecule has 82 valence electrons. The molecule has 0 aromatic heterocycles. The maximum Gasteiger partial charge on any atom is 0.144 e. The average molecular weight is 201 g/mol. The van der Waals surface area contributed by atoms with E-state index in [-0.39, 0.29) is 6.61 Å². The summed E-state index contributed by atoms with van der Waals surface area (Å²) in [4.78, 5) is 0. The van der Waals surface area contributed by atoms with Crippen molar-refractivity contribution in [2.24, 2.45) is 5.73 Å². The van der Waals surface area contributed by atoms with Crippen molar-refractivity contribution in [1.82, 2.24) is 0 Å². The summed E-state index contributed by atoms with van der Waals surface area (Å²) in [7, 11) is 1.57. The highest BCUT2D eigenvalue weighted by Crippen LogP contribution is 2.27. The Bertz CT molecular complexity index is 206. The summed E-state index contributed by atoms with van der Waals surface area (Å²) in [6.45, 7) is 1.49. The third-order valence-electron chi connectivity index (χ3n) is 2.34. The van der Waals surface area contributed by atoms with Gasteiger partial charge in [-0.3, -0.25) is 0 Å². The van der Waals surface area contributed by atoms with Crippen LogP contribution in [-0.4, -0.2) is 37.6 Å². The molecule has 1 heterocycles. The van der Waals surface area contributed by atoms with Gasteiger partial charge in [0.25, 0.3) is 0 Å². The molecule has 14 heavy (non-hydrogen) atoms. The fraction of sp³-hybridized carbons (Fsp3) is 0.800. The van der Waals surface area contributed by atoms with E-state index in [0.717, 1.165) is 12.8 Å². The Morgan fingerprint density at radius 2 is 2.50 bits per heavy atom. The molecule has 0 spiro atoms. The normalized spacial score (nSPS) is 20.1. The lowest BCUT2D eigenvalue weighted by Gasteiger charge is -2.27. The van der Waals surface area contributed by atoms with Gasteiger partial charge in [-0.2, -0.15) is 0 Å². The molecular weight excluding hydrogens is 182 g/mol. The monoisotopic (exact) mass is 201 g/mol. The molecule has 0 aromatic carbocycles. The fourth-order valence-corrected chi connectivity index (χ4v) is 1.64. The van der Waals surface area contributed by atoms with Crippen molar-refractivity contribution in [1.29, 1.82) is 0 Å². The SMILES string of the molecule is COCC(O)(CCCN)C1=CCCO1. The molecule has 0 aromatic rings. The summed E-state index contributed by atoms with van der Waals surface area (Å²) in [5, 5.41) is 10.3. The molecule has 1 aliphatic heterocycles. The molecular formula is C10H19NO3. The second-order valence-electron chi connectivity index (χ2n) is 3.56. The van der Waals surface area contributed by atoms with Crippen LogP contribution in [0.15, 0.2) is 11.8 Å². The zero-order valence-corrected chi connectivity index (χ0v) is 8.66. The van der Waals surface area contributed by atoms with Crippen molar-refractivity contribution in [3.8, 4) is 0 Å². The highest BCUT2D eigenvalue weighted by atomic mass is 16.5. The first-order chi connectivity index (χ1) is 6.73. The maximum atomic E-state index is 10.3. The molecule has 0 saturated carbocycles. The largest absolute Gasteiger partial charge is 0.495 e. The summed E-state index contributed by atoms with van der Waals surface area (Å²) >= 11 is 0. The van der Waals surface area contributed by atoms with E-state index in [9.17, 15) is 5.11 Å². The van der Waals surface area contributed by atoms with Gasteiger partial charge in [-0.25, -0.2) is 0 Å². The van der Waals surface area contributed by atoms with Gasteiger partial charge in [-0.1, -0.05) is 0 Å². The van der Waals surface area contributed by atoms with Gasteiger partial charge in [0.05, 0.1) is 13.2 Å². The molecule has 3 N–H and O–H groups in total. The summed E-state index contributed by atoms with van der Waals surface area (Å²) in [6, 6.07) is 0. The lowest BCUT2D eigenvalue weighted by Crippen LogP contribution is -2.37. The Morgan fingerprint density at radius 3 is 3.00 bits per heavy atom. The minimum atomic E-state index is -0.982. The van der Waals surface area contributed by atoms with E-state index in [2.05, 4.69) is 0 Å². The lowest BCUT2D eigenvalue weighted by atomic mass is 9.96. The predicted molar refractivity (Wildman–Crippen MR) is 53.8 cm³/mol. The number of ether oxygens (including phenoxy) is 2. The number of methoxy groups -OCH3 is 1. The predicted octanol–water partition coefficient (Wildman–Crippen LogP) is 0.407. The van der Waals surface area contributed by atoms with Crippen molar-refractivity contribution in [3.63, 3.8) is 0 Å². The third kappa shape index (κ3) is 2.70. The first kappa shape index (κ1) is 11.5. The first-order valence-corrected chi connectivity index (χ1v) is 4.98. The van der Waals surface area contributed by atoms with Crippen LogP contribution in [0.5, 0.6) is 0 Å². The maximum absolute atomic E-state index is 10.3. The number of hydrogen-bond donors (Lipinski definition) is 2. The molecule has 0 bridgehead atoms. The van der Waals surface area contributed by atoms with Crippen LogP contribution < -0.4 is 5.73 Å². The lowest BCUT2D eigenvalue weighted by molar-refractivity contribution is -0.0444. The second-order valence-corrected chi connectivity index (χ2v) is 3.56. The summed E-state index contributed by atoms with van der Waals surface area (Å²) in [5.74, 6) is 0.646. The summed E-state index contributed by atoms with van der Waals surface area (Å²) in [6.07, 6.45) is 4.14. The van der Waals surface area contributed by atoms with E-state index in [4.69, 9.17) is 15.2 Å². The number of rotatable bonds is 6. The highest BCUT2D eigenvalue weighted by molar-refractivity contribution is 5.13. The van der Waals surface area contributed by atoms with Crippen molar-refractivity contribution >= 4 is 0 Å². The van der Waals surface area contributed by atoms with Crippen LogP contribution in [0.2, 0.25) is 0 Å². The number of aliphatic hydroxyl groups is 1. The van der Waals surface area contributed by atoms with Crippen molar-refractivity contribution in [2.75, 3.05) is 26.9 Å². The molecule has 0 amide bonds. The topological polar surface area (TPSA) is 64.7 Å². The average Bonchev–Trinajstić information content (AvgIpc) is 2.68. The minimum absolute atomic E-state index is 0.263. The zero-order chi connectivity index (χ0) is 10.4. The van der Waals surface area contributed by atoms with Crippen LogP contribution in [0.1, 0.15) is 19.3 Å². The zero-order valence-electron chi connectivity index (χ0n) is 8.66. The Balaban J connectivity index is 2.59. The van der Waals surface area contributed by atoms with Crippen molar-refractivity contribution in [2.45, 2.75) is 24.9 Å². The van der Waals surface area contributed by atoms with Crippen LogP contribution in [0.4, 0.5) is 0 Å². The molecule has 1 rings (SSSR count). The number of hydrogen-bond acceptors (Lipinski definition) is 4. The van der Waals surface area contributed by atoms with Gasteiger partial charge < -0.3 is 20.3 Å². The molecule has 1 unspecified atom stereocenters. The minimum Gasteiger partial charge on any atom is -0.495 e. The van der Waals surface area contributed by atoms with Crippen LogP contribution >= 0.6 is 0 Å². The van der Waals surface area contributed by atoms with Gasteiger partial charge in [0.15, 0.2) is 0 Å². The van der Waals surface area contributed by atoms with Crippen molar-refractivity contribution in [3.05, 3.63) is 11.8 Å². The smallest absolute Gasteiger partial charge is 0.144 e. The van der Waals surface area contributed by atoms with Gasteiger partial charge in [0, 0.05) is 13.5 Å². The van der Waals surface area contributed by atoms with E-state index in [0.29, 0.717) is 25.3 Å². The fourth-order valence-electron chi connectivity index (χ4n) is 1.64. The summed E-state index contributed by atoms with van der Waals surface area (Å²) in [5.41, 5.74) is 4.44. The second kappa shape index (κ2) is 5.34. The van der Waals surface area contributed by atoms with Crippen molar-refractivity contribution < 1.29 is 14.6 Å². The molecule has 1 aliphatic rings. The Morgan fingerprint density at radius 1 is 1.71 bits per heavy atom. The molecule has 4 nitrogen and oxygen atoms in total. The van der Waals surface area contributed by atoms with E-state index in [1.54, 1.807) is 7.11 Å². The standard InChI is InChI=1S/C10H19NO3/c1-13-8-10(12,5-3-6-11)9-4-2-7-14-9/h4,12H,2-3,5-8,11H2,1H3. The van der Waals surface area contributed by atoms with Gasteiger partial charge in [0.2, 0.25) is 0 Å². The van der Waals surface area contributed by atoms with Gasteiger partial charge in [-0.15, -0.1) is 0 Å². The van der Waals surface area contributed by atoms with Crippen LogP contribution in [0, 0.1) is 0 Å². The van der Waals surface area contributed by atoms with E-state index >= 15 is 0 Å². The van der Waals surface area contributed by atoms with Crippen LogP contribution in [-0.2, 0) is 9.47 Å². The Labute approximate surface area is 84.7 Å². The Hall–Kier alpha value is -0.580. The molecule has 1 atom stereocenters. The molecule has 0 fully saturated rings. The molecule has 0 radical (unpaired) electrons. The first-order valence-electron chi connectivity index (χ1n) is 4.98. The van der Waals surface area contributed by atoms with Gasteiger partial charge in [-0.05, 0) is 25.5 Å². The van der Waals surface area contributed by atoms with E-state index in [1.165, 1.54) is 0 Å². The van der Waals surface area contributed by atoms with Crippen LogP contribution in [0.3, 0.4) is 0 Å². The molecule has 0 aliphatic carbocycles. The highest BCUT2D eigenvalue weighted by Gasteiger charge is 2.34. The van der Waals surface area contributed by atoms with Gasteiger partial charge in [0.1, 0.15) is 11.4 Å². The van der Waals surface area contributed by atoms with E-state index < -0.39 is 5.60 Å². The van der Waals surface area contributed by atoms with E-state index in [1.807, 2.05) is 6.08 Å². The molecule has 0 saturated heterocycles.